The van der Waals surface area contributed by atoms with Crippen LogP contribution < -0.4 is 16.4 Å². The van der Waals surface area contributed by atoms with E-state index in [1.807, 2.05) is 19.9 Å². The van der Waals surface area contributed by atoms with Gasteiger partial charge in [-0.15, -0.1) is 0 Å². The molecular formula is C24H24FN5O2. The van der Waals surface area contributed by atoms with Crippen LogP contribution in [0.25, 0.3) is 16.7 Å². The molecule has 0 saturated heterocycles. The third-order valence-electron chi connectivity index (χ3n) is 5.48. The molecule has 0 atom stereocenters. The molecule has 4 aromatic rings. The van der Waals surface area contributed by atoms with E-state index < -0.39 is 5.91 Å². The molecule has 3 aromatic heterocycles. The van der Waals surface area contributed by atoms with E-state index in [-0.39, 0.29) is 34.4 Å². The van der Waals surface area contributed by atoms with Crippen LogP contribution in [0.3, 0.4) is 0 Å². The molecule has 0 aliphatic rings. The van der Waals surface area contributed by atoms with E-state index in [2.05, 4.69) is 5.32 Å². The minimum Gasteiger partial charge on any atom is -0.348 e. The maximum Gasteiger partial charge on any atom is 0.267 e. The third-order valence-corrected chi connectivity index (χ3v) is 5.48. The number of rotatable bonds is 6. The maximum atomic E-state index is 13.2. The van der Waals surface area contributed by atoms with Gasteiger partial charge in [-0.2, -0.15) is 0 Å². The van der Waals surface area contributed by atoms with Crippen LogP contribution >= 0.6 is 0 Å². The third kappa shape index (κ3) is 3.91. The van der Waals surface area contributed by atoms with Crippen molar-refractivity contribution in [3.05, 3.63) is 87.0 Å². The first kappa shape index (κ1) is 21.4. The Morgan fingerprint density at radius 1 is 1.19 bits per heavy atom. The number of fused-ring (bicyclic) bond motifs is 2. The van der Waals surface area contributed by atoms with E-state index in [1.165, 1.54) is 22.6 Å². The van der Waals surface area contributed by atoms with Crippen molar-refractivity contribution in [3.63, 3.8) is 0 Å². The number of aromatic nitrogens is 3. The SMILES string of the molecule is CCCCn1c(=N)c(C(=O)NCc2ccc(F)cc2)cc2c(=O)n3cccc(C)c3nc21. The topological polar surface area (TPSA) is 92.2 Å². The standard InChI is InChI=1S/C24H24FN5O2/c1-3-4-11-29-20(26)18(23(31)27-14-16-7-9-17(25)10-8-16)13-19-22(29)28-21-15(2)6-5-12-30(21)24(19)32/h5-10,12-13,26H,3-4,11,14H2,1-2H3,(H,27,31). The van der Waals surface area contributed by atoms with Crippen molar-refractivity contribution in [2.24, 2.45) is 0 Å². The van der Waals surface area contributed by atoms with Crippen LogP contribution in [0.4, 0.5) is 4.39 Å². The lowest BCUT2D eigenvalue weighted by Gasteiger charge is -2.15. The number of amides is 1. The van der Waals surface area contributed by atoms with Crippen molar-refractivity contribution in [1.29, 1.82) is 5.41 Å². The molecule has 2 N–H and O–H groups in total. The highest BCUT2D eigenvalue weighted by molar-refractivity contribution is 5.96. The zero-order chi connectivity index (χ0) is 22.8. The molecule has 8 heteroatoms. The molecule has 4 rings (SSSR count). The van der Waals surface area contributed by atoms with E-state index in [1.54, 1.807) is 29.0 Å². The van der Waals surface area contributed by atoms with Crippen molar-refractivity contribution in [1.82, 2.24) is 19.3 Å². The van der Waals surface area contributed by atoms with Crippen molar-refractivity contribution >= 4 is 22.6 Å². The van der Waals surface area contributed by atoms with Gasteiger partial charge in [-0.05, 0) is 48.7 Å². The van der Waals surface area contributed by atoms with Crippen LogP contribution in [-0.2, 0) is 13.1 Å². The van der Waals surface area contributed by atoms with Crippen LogP contribution in [0.5, 0.6) is 0 Å². The van der Waals surface area contributed by atoms with Gasteiger partial charge in [0.25, 0.3) is 11.5 Å². The van der Waals surface area contributed by atoms with Gasteiger partial charge in [0, 0.05) is 19.3 Å². The van der Waals surface area contributed by atoms with E-state index in [0.29, 0.717) is 17.8 Å². The summed E-state index contributed by atoms with van der Waals surface area (Å²) in [6, 6.07) is 10.9. The Morgan fingerprint density at radius 3 is 2.66 bits per heavy atom. The number of nitrogens with one attached hydrogen (secondary N) is 2. The number of pyridine rings is 2. The van der Waals surface area contributed by atoms with Gasteiger partial charge in [0.05, 0.1) is 10.9 Å². The summed E-state index contributed by atoms with van der Waals surface area (Å²) in [4.78, 5) is 30.9. The van der Waals surface area contributed by atoms with Crippen LogP contribution in [0, 0.1) is 18.2 Å². The van der Waals surface area contributed by atoms with Gasteiger partial charge < -0.3 is 9.88 Å². The predicted octanol–water partition coefficient (Wildman–Crippen LogP) is 3.31. The second-order valence-electron chi connectivity index (χ2n) is 7.76. The summed E-state index contributed by atoms with van der Waals surface area (Å²) in [6.45, 7) is 4.56. The maximum absolute atomic E-state index is 13.2. The van der Waals surface area contributed by atoms with E-state index >= 15 is 0 Å². The monoisotopic (exact) mass is 433 g/mol. The molecule has 7 nitrogen and oxygen atoms in total. The Labute approximate surface area is 183 Å². The Balaban J connectivity index is 1.84. The summed E-state index contributed by atoms with van der Waals surface area (Å²) in [6.07, 6.45) is 3.32. The first-order valence-electron chi connectivity index (χ1n) is 10.5. The van der Waals surface area contributed by atoms with Crippen LogP contribution in [0.1, 0.15) is 41.3 Å². The highest BCUT2D eigenvalue weighted by Gasteiger charge is 2.17. The Hall–Kier alpha value is -3.81. The summed E-state index contributed by atoms with van der Waals surface area (Å²) in [5, 5.41) is 11.7. The summed E-state index contributed by atoms with van der Waals surface area (Å²) in [5.74, 6) is -0.823. The van der Waals surface area contributed by atoms with Gasteiger partial charge in [-0.25, -0.2) is 9.37 Å². The zero-order valence-electron chi connectivity index (χ0n) is 18.0. The first-order valence-corrected chi connectivity index (χ1v) is 10.5. The Morgan fingerprint density at radius 2 is 1.94 bits per heavy atom. The van der Waals surface area contributed by atoms with Gasteiger partial charge in [0.2, 0.25) is 0 Å². The average molecular weight is 433 g/mol. The largest absolute Gasteiger partial charge is 0.348 e. The number of nitrogens with zero attached hydrogens (tertiary/aromatic N) is 3. The molecule has 1 aromatic carbocycles. The normalized spacial score (nSPS) is 11.2. The highest BCUT2D eigenvalue weighted by Crippen LogP contribution is 2.13. The fourth-order valence-corrected chi connectivity index (χ4v) is 3.68. The van der Waals surface area contributed by atoms with Crippen molar-refractivity contribution < 1.29 is 9.18 Å². The van der Waals surface area contributed by atoms with E-state index in [9.17, 15) is 14.0 Å². The van der Waals surface area contributed by atoms with E-state index in [4.69, 9.17) is 10.4 Å². The quantitative estimate of drug-likeness (QED) is 0.457. The average Bonchev–Trinajstić information content (AvgIpc) is 2.78. The lowest BCUT2D eigenvalue weighted by Crippen LogP contribution is -2.35. The number of hydrogen-bond donors (Lipinski definition) is 2. The van der Waals surface area contributed by atoms with Gasteiger partial charge in [-0.1, -0.05) is 31.5 Å². The zero-order valence-corrected chi connectivity index (χ0v) is 18.0. The molecule has 0 spiro atoms. The highest BCUT2D eigenvalue weighted by atomic mass is 19.1. The molecule has 32 heavy (non-hydrogen) atoms. The van der Waals surface area contributed by atoms with E-state index in [0.717, 1.165) is 24.0 Å². The molecule has 0 saturated carbocycles. The molecule has 0 aliphatic heterocycles. The predicted molar refractivity (Wildman–Crippen MR) is 120 cm³/mol. The van der Waals surface area contributed by atoms with Crippen molar-refractivity contribution in [2.45, 2.75) is 39.8 Å². The number of carbonyl (C=O) groups excluding carboxylic acids is 1. The van der Waals surface area contributed by atoms with Crippen molar-refractivity contribution in [3.8, 4) is 0 Å². The first-order chi connectivity index (χ1) is 15.4. The smallest absolute Gasteiger partial charge is 0.267 e. The van der Waals surface area contributed by atoms with Crippen LogP contribution in [-0.4, -0.2) is 19.9 Å². The second kappa shape index (κ2) is 8.74. The summed E-state index contributed by atoms with van der Waals surface area (Å²) >= 11 is 0. The molecule has 3 heterocycles. The number of halogens is 1. The summed E-state index contributed by atoms with van der Waals surface area (Å²) in [5.41, 5.74) is 2.33. The second-order valence-corrected chi connectivity index (χ2v) is 7.76. The van der Waals surface area contributed by atoms with Crippen molar-refractivity contribution in [2.75, 3.05) is 0 Å². The number of carbonyl (C=O) groups is 1. The minimum absolute atomic E-state index is 0.00684. The van der Waals surface area contributed by atoms with Crippen LogP contribution in [0.15, 0.2) is 53.5 Å². The molecule has 0 fully saturated rings. The lowest BCUT2D eigenvalue weighted by molar-refractivity contribution is 0.0948. The summed E-state index contributed by atoms with van der Waals surface area (Å²) < 4.78 is 16.2. The minimum atomic E-state index is -0.472. The number of unbranched alkanes of at least 4 members (excludes halogenated alkanes) is 1. The molecular weight excluding hydrogens is 409 g/mol. The fraction of sp³-hybridized carbons (Fsp3) is 0.250. The lowest BCUT2D eigenvalue weighted by atomic mass is 10.1. The molecule has 0 unspecified atom stereocenters. The fourth-order valence-electron chi connectivity index (χ4n) is 3.68. The molecule has 164 valence electrons. The van der Waals surface area contributed by atoms with Gasteiger partial charge >= 0.3 is 0 Å². The Kier molecular flexibility index (Phi) is 5.85. The summed E-state index contributed by atoms with van der Waals surface area (Å²) in [7, 11) is 0. The van der Waals surface area contributed by atoms with Gasteiger partial charge in [0.15, 0.2) is 0 Å². The van der Waals surface area contributed by atoms with Crippen LogP contribution in [0.2, 0.25) is 0 Å². The van der Waals surface area contributed by atoms with Gasteiger partial charge in [-0.3, -0.25) is 19.4 Å². The van der Waals surface area contributed by atoms with Gasteiger partial charge in [0.1, 0.15) is 22.6 Å². The molecule has 0 aliphatic carbocycles. The number of hydrogen-bond acceptors (Lipinski definition) is 4. The Bertz CT molecular complexity index is 1440. The molecule has 0 bridgehead atoms. The number of aryl methyl sites for hydroxylation is 2. The molecule has 1 amide bonds. The number of benzene rings is 1. The molecule has 0 radical (unpaired) electrons.